The molecule has 4 heteroatoms. The molecule has 2 bridgehead atoms. The summed E-state index contributed by atoms with van der Waals surface area (Å²) >= 11 is 0. The van der Waals surface area contributed by atoms with Gasteiger partial charge in [-0.25, -0.2) is 0 Å². The van der Waals surface area contributed by atoms with E-state index in [1.54, 1.807) is 24.3 Å². The van der Waals surface area contributed by atoms with Crippen molar-refractivity contribution >= 4 is 17.3 Å². The Kier molecular flexibility index (Phi) is 8.02. The summed E-state index contributed by atoms with van der Waals surface area (Å²) in [4.78, 5) is 43.6. The first-order valence-corrected chi connectivity index (χ1v) is 13.3. The molecule has 37 heavy (non-hydrogen) atoms. The van der Waals surface area contributed by atoms with Crippen molar-refractivity contribution in [3.05, 3.63) is 82.2 Å². The zero-order valence-corrected chi connectivity index (χ0v) is 23.7. The van der Waals surface area contributed by atoms with Gasteiger partial charge in [0, 0.05) is 11.1 Å². The summed E-state index contributed by atoms with van der Waals surface area (Å²) in [6.07, 6.45) is 7.13. The highest BCUT2D eigenvalue weighted by atomic mass is 16.3. The Bertz CT molecular complexity index is 1210. The van der Waals surface area contributed by atoms with E-state index in [2.05, 4.69) is 6.08 Å². The van der Waals surface area contributed by atoms with E-state index < -0.39 is 27.8 Å². The maximum Gasteiger partial charge on any atom is 0.184 e. The van der Waals surface area contributed by atoms with Crippen molar-refractivity contribution in [2.24, 2.45) is 22.2 Å². The van der Waals surface area contributed by atoms with E-state index >= 15 is 0 Å². The molecule has 1 saturated carbocycles. The molecular formula is C33H42O4. The van der Waals surface area contributed by atoms with E-state index in [-0.39, 0.29) is 42.3 Å². The molecule has 0 aliphatic heterocycles. The molecule has 4 nitrogen and oxygen atoms in total. The van der Waals surface area contributed by atoms with Crippen LogP contribution in [-0.2, 0) is 9.59 Å². The van der Waals surface area contributed by atoms with Crippen LogP contribution in [0.15, 0.2) is 76.6 Å². The van der Waals surface area contributed by atoms with E-state index in [4.69, 9.17) is 0 Å². The predicted octanol–water partition coefficient (Wildman–Crippen LogP) is 7.92. The number of carbonyl (C=O) groups excluding carboxylic acids is 3. The Morgan fingerprint density at radius 1 is 0.919 bits per heavy atom. The van der Waals surface area contributed by atoms with Crippen LogP contribution in [-0.4, -0.2) is 22.5 Å². The Morgan fingerprint density at radius 3 is 2.03 bits per heavy atom. The van der Waals surface area contributed by atoms with Gasteiger partial charge in [-0.15, -0.1) is 0 Å². The number of aliphatic hydroxyl groups is 1. The second kappa shape index (κ2) is 10.4. The molecule has 1 aromatic rings. The van der Waals surface area contributed by atoms with Crippen molar-refractivity contribution in [1.82, 2.24) is 0 Å². The summed E-state index contributed by atoms with van der Waals surface area (Å²) in [5.74, 6) is -1.73. The number of allylic oxidation sites excluding steroid dienone is 8. The van der Waals surface area contributed by atoms with Gasteiger partial charge in [0.1, 0.15) is 11.2 Å². The molecule has 0 saturated heterocycles. The molecule has 3 rings (SSSR count). The highest BCUT2D eigenvalue weighted by molar-refractivity contribution is 6.29. The minimum Gasteiger partial charge on any atom is -0.510 e. The van der Waals surface area contributed by atoms with Gasteiger partial charge in [0.05, 0.1) is 0 Å². The van der Waals surface area contributed by atoms with Crippen LogP contribution < -0.4 is 0 Å². The quantitative estimate of drug-likeness (QED) is 0.223. The van der Waals surface area contributed by atoms with Crippen molar-refractivity contribution in [3.63, 3.8) is 0 Å². The average Bonchev–Trinajstić information content (AvgIpc) is 2.82. The topological polar surface area (TPSA) is 71.4 Å². The van der Waals surface area contributed by atoms with Gasteiger partial charge in [0.2, 0.25) is 0 Å². The molecule has 0 radical (unpaired) electrons. The molecule has 3 atom stereocenters. The second-order valence-electron chi connectivity index (χ2n) is 12.1. The number of benzene rings is 1. The lowest BCUT2D eigenvalue weighted by atomic mass is 9.39. The zero-order valence-electron chi connectivity index (χ0n) is 23.7. The maximum atomic E-state index is 14.8. The van der Waals surface area contributed by atoms with E-state index in [1.807, 2.05) is 73.6 Å². The number of ketones is 3. The monoisotopic (exact) mass is 502 g/mol. The Morgan fingerprint density at radius 2 is 1.49 bits per heavy atom. The molecule has 1 aromatic carbocycles. The van der Waals surface area contributed by atoms with Gasteiger partial charge in [-0.3, -0.25) is 14.4 Å². The third-order valence-corrected chi connectivity index (χ3v) is 8.57. The molecule has 0 heterocycles. The molecule has 3 unspecified atom stereocenters. The number of carbonyl (C=O) groups is 3. The summed E-state index contributed by atoms with van der Waals surface area (Å²) in [7, 11) is 0. The fraction of sp³-hybridized carbons (Fsp3) is 0.485. The first-order valence-electron chi connectivity index (χ1n) is 13.3. The highest BCUT2D eigenvalue weighted by Gasteiger charge is 2.73. The average molecular weight is 503 g/mol. The largest absolute Gasteiger partial charge is 0.510 e. The number of hydrogen-bond acceptors (Lipinski definition) is 4. The van der Waals surface area contributed by atoms with Gasteiger partial charge in [-0.05, 0) is 78.6 Å². The number of aliphatic hydroxyl groups excluding tert-OH is 1. The molecular weight excluding hydrogens is 460 g/mol. The molecule has 2 aliphatic rings. The maximum absolute atomic E-state index is 14.8. The van der Waals surface area contributed by atoms with Crippen LogP contribution in [0.5, 0.6) is 0 Å². The van der Waals surface area contributed by atoms with Gasteiger partial charge in [-0.2, -0.15) is 0 Å². The standard InChI is InChI=1S/C33H42O4/c1-21(2)14-16-25-20-32(27(34)24-12-10-9-11-13-24)28(35)26(17-15-22(3)4)29(36)33(30(32)37,31(25,7)8)19-18-23(5)6/h9-15,18,25,35H,16-17,19-20H2,1-8H3. The van der Waals surface area contributed by atoms with Gasteiger partial charge < -0.3 is 5.11 Å². The fourth-order valence-electron chi connectivity index (χ4n) is 6.14. The van der Waals surface area contributed by atoms with Gasteiger partial charge in [0.15, 0.2) is 22.8 Å². The lowest BCUT2D eigenvalue weighted by Gasteiger charge is -2.59. The summed E-state index contributed by atoms with van der Waals surface area (Å²) in [5, 5.41) is 11.8. The van der Waals surface area contributed by atoms with E-state index in [0.29, 0.717) is 12.0 Å². The van der Waals surface area contributed by atoms with Crippen LogP contribution in [0.2, 0.25) is 0 Å². The molecule has 0 spiro atoms. The summed E-state index contributed by atoms with van der Waals surface area (Å²) in [5.41, 5.74) is -0.281. The second-order valence-corrected chi connectivity index (χ2v) is 12.1. The van der Waals surface area contributed by atoms with Crippen LogP contribution >= 0.6 is 0 Å². The Hall–Kier alpha value is -3.01. The normalized spacial score (nSPS) is 26.4. The van der Waals surface area contributed by atoms with Crippen molar-refractivity contribution in [2.75, 3.05) is 0 Å². The Labute approximate surface area is 222 Å². The van der Waals surface area contributed by atoms with Crippen LogP contribution in [0.25, 0.3) is 0 Å². The van der Waals surface area contributed by atoms with Crippen LogP contribution in [0.3, 0.4) is 0 Å². The van der Waals surface area contributed by atoms with Gasteiger partial charge in [0.25, 0.3) is 0 Å². The lowest BCUT2D eigenvalue weighted by Crippen LogP contribution is -2.68. The number of rotatable bonds is 8. The van der Waals surface area contributed by atoms with Crippen molar-refractivity contribution in [1.29, 1.82) is 0 Å². The summed E-state index contributed by atoms with van der Waals surface area (Å²) in [6, 6.07) is 8.71. The number of Topliss-reactive ketones (excluding diaryl/α,β-unsaturated/α-hetero) is 3. The van der Waals surface area contributed by atoms with E-state index in [1.165, 1.54) is 0 Å². The molecule has 2 aliphatic carbocycles. The SMILES string of the molecule is CC(C)=CCC1=C(O)C2(C(=O)c3ccccc3)CC(CC=C(C)C)C(C)(C)C(CC=C(C)C)(C1=O)C2=O. The molecule has 1 fully saturated rings. The molecule has 0 amide bonds. The third kappa shape index (κ3) is 4.60. The molecule has 198 valence electrons. The van der Waals surface area contributed by atoms with Crippen molar-refractivity contribution < 1.29 is 19.5 Å². The van der Waals surface area contributed by atoms with Crippen LogP contribution in [0.1, 0.15) is 91.4 Å². The van der Waals surface area contributed by atoms with Crippen LogP contribution in [0.4, 0.5) is 0 Å². The highest BCUT2D eigenvalue weighted by Crippen LogP contribution is 2.66. The predicted molar refractivity (Wildman–Crippen MR) is 149 cm³/mol. The summed E-state index contributed by atoms with van der Waals surface area (Å²) in [6.45, 7) is 15.8. The Balaban J connectivity index is 2.44. The lowest BCUT2D eigenvalue weighted by molar-refractivity contribution is -0.168. The smallest absolute Gasteiger partial charge is 0.184 e. The first kappa shape index (κ1) is 28.6. The molecule has 1 N–H and O–H groups in total. The van der Waals surface area contributed by atoms with Gasteiger partial charge >= 0.3 is 0 Å². The minimum absolute atomic E-state index is 0.171. The zero-order chi connectivity index (χ0) is 27.8. The fourth-order valence-corrected chi connectivity index (χ4v) is 6.14. The van der Waals surface area contributed by atoms with E-state index in [9.17, 15) is 19.5 Å². The minimum atomic E-state index is -1.79. The van der Waals surface area contributed by atoms with Crippen molar-refractivity contribution in [3.8, 4) is 0 Å². The number of hydrogen-bond donors (Lipinski definition) is 1. The van der Waals surface area contributed by atoms with Crippen LogP contribution in [0, 0.1) is 22.2 Å². The van der Waals surface area contributed by atoms with E-state index in [0.717, 1.165) is 16.7 Å². The first-order chi connectivity index (χ1) is 17.2. The molecule has 0 aromatic heterocycles. The third-order valence-electron chi connectivity index (χ3n) is 8.57. The number of fused-ring (bicyclic) bond motifs is 2. The summed E-state index contributed by atoms with van der Waals surface area (Å²) < 4.78 is 0. The van der Waals surface area contributed by atoms with Gasteiger partial charge in [-0.1, -0.05) is 79.1 Å². The van der Waals surface area contributed by atoms with Crippen molar-refractivity contribution in [2.45, 2.75) is 81.1 Å².